The van der Waals surface area contributed by atoms with Gasteiger partial charge in [-0.05, 0) is 43.5 Å². The third kappa shape index (κ3) is 10.5. The molecule has 1 aliphatic heterocycles. The van der Waals surface area contributed by atoms with Gasteiger partial charge in [0, 0.05) is 26.2 Å². The largest absolute Gasteiger partial charge is 0.493 e. The minimum absolute atomic E-state index is 0. The summed E-state index contributed by atoms with van der Waals surface area (Å²) in [5.74, 6) is 2.33. The van der Waals surface area contributed by atoms with Gasteiger partial charge in [-0.3, -0.25) is 4.90 Å². The maximum Gasteiger partial charge on any atom is 0.191 e. The average Bonchev–Trinajstić information content (AvgIpc) is 2.69. The molecule has 0 aliphatic carbocycles. The molecule has 1 aliphatic rings. The fourth-order valence-corrected chi connectivity index (χ4v) is 2.80. The molecule has 1 aromatic carbocycles. The molecule has 6 nitrogen and oxygen atoms in total. The molecule has 1 aromatic rings. The van der Waals surface area contributed by atoms with E-state index in [4.69, 9.17) is 14.5 Å². The molecule has 0 bridgehead atoms. The molecule has 2 N–H and O–H groups in total. The maximum atomic E-state index is 5.73. The van der Waals surface area contributed by atoms with E-state index in [0.29, 0.717) is 12.5 Å². The molecule has 0 unspecified atom stereocenters. The van der Waals surface area contributed by atoms with E-state index in [9.17, 15) is 0 Å². The Morgan fingerprint density at radius 2 is 1.89 bits per heavy atom. The summed E-state index contributed by atoms with van der Waals surface area (Å²) >= 11 is 0. The van der Waals surface area contributed by atoms with Crippen LogP contribution < -0.4 is 15.4 Å². The van der Waals surface area contributed by atoms with E-state index in [0.717, 1.165) is 70.7 Å². The first kappa shape index (κ1) is 25.0. The van der Waals surface area contributed by atoms with E-state index in [-0.39, 0.29) is 24.0 Å². The van der Waals surface area contributed by atoms with Crippen molar-refractivity contribution in [3.05, 3.63) is 29.8 Å². The Hall–Kier alpha value is -1.06. The first-order valence-corrected chi connectivity index (χ1v) is 10.2. The highest BCUT2D eigenvalue weighted by Crippen LogP contribution is 2.13. The lowest BCUT2D eigenvalue weighted by Crippen LogP contribution is -2.40. The minimum Gasteiger partial charge on any atom is -0.493 e. The van der Waals surface area contributed by atoms with Crippen molar-refractivity contribution in [1.29, 1.82) is 0 Å². The Balaban J connectivity index is 0.00000392. The van der Waals surface area contributed by atoms with Gasteiger partial charge in [-0.15, -0.1) is 24.0 Å². The number of aliphatic imine (C=N–C) groups is 1. The van der Waals surface area contributed by atoms with Gasteiger partial charge in [0.15, 0.2) is 5.96 Å². The number of hydrogen-bond acceptors (Lipinski definition) is 4. The van der Waals surface area contributed by atoms with Crippen molar-refractivity contribution in [2.75, 3.05) is 52.5 Å². The summed E-state index contributed by atoms with van der Waals surface area (Å²) in [6.07, 6.45) is 1.10. The van der Waals surface area contributed by atoms with E-state index >= 15 is 0 Å². The molecule has 0 aromatic heterocycles. The first-order chi connectivity index (χ1) is 13.2. The second-order valence-corrected chi connectivity index (χ2v) is 7.28. The Labute approximate surface area is 187 Å². The van der Waals surface area contributed by atoms with Crippen LogP contribution in [0.2, 0.25) is 0 Å². The van der Waals surface area contributed by atoms with E-state index < -0.39 is 0 Å². The molecule has 1 fully saturated rings. The summed E-state index contributed by atoms with van der Waals surface area (Å²) in [6, 6.07) is 8.22. The van der Waals surface area contributed by atoms with Crippen LogP contribution in [0, 0.1) is 5.92 Å². The van der Waals surface area contributed by atoms with Gasteiger partial charge in [0.1, 0.15) is 5.75 Å². The summed E-state index contributed by atoms with van der Waals surface area (Å²) in [6.45, 7) is 14.5. The lowest BCUT2D eigenvalue weighted by molar-refractivity contribution is 0.0376. The van der Waals surface area contributed by atoms with Crippen LogP contribution in [0.5, 0.6) is 5.75 Å². The van der Waals surface area contributed by atoms with Crippen molar-refractivity contribution >= 4 is 29.9 Å². The zero-order chi connectivity index (χ0) is 19.3. The summed E-state index contributed by atoms with van der Waals surface area (Å²) in [5.41, 5.74) is 1.18. The number of halogens is 1. The molecule has 0 radical (unpaired) electrons. The van der Waals surface area contributed by atoms with Crippen LogP contribution in [0.3, 0.4) is 0 Å². The van der Waals surface area contributed by atoms with E-state index in [1.165, 1.54) is 5.56 Å². The molecule has 7 heteroatoms. The van der Waals surface area contributed by atoms with Crippen molar-refractivity contribution in [3.63, 3.8) is 0 Å². The molecular formula is C21H37IN4O2. The molecule has 0 spiro atoms. The second-order valence-electron chi connectivity index (χ2n) is 7.28. The molecule has 0 amide bonds. The van der Waals surface area contributed by atoms with Gasteiger partial charge in [-0.1, -0.05) is 26.0 Å². The third-order valence-electron chi connectivity index (χ3n) is 4.32. The number of nitrogens with zero attached hydrogens (tertiary/aromatic N) is 2. The van der Waals surface area contributed by atoms with Crippen LogP contribution in [-0.2, 0) is 11.3 Å². The standard InChI is InChI=1S/C21H36N4O2.HI/c1-4-22-21(23-10-5-11-25-12-14-26-15-13-25)24-16-19-6-8-20(9-7-19)27-17-18(2)3;/h6-9,18H,4-5,10-17H2,1-3H3,(H2,22,23,24);1H. The van der Waals surface area contributed by atoms with E-state index in [2.05, 4.69) is 48.4 Å². The second kappa shape index (κ2) is 14.9. The minimum atomic E-state index is 0. The molecular weight excluding hydrogens is 467 g/mol. The lowest BCUT2D eigenvalue weighted by atomic mass is 10.2. The highest BCUT2D eigenvalue weighted by atomic mass is 127. The number of benzene rings is 1. The molecule has 0 saturated carbocycles. The number of morpholine rings is 1. The van der Waals surface area contributed by atoms with Crippen LogP contribution >= 0.6 is 24.0 Å². The molecule has 1 saturated heterocycles. The van der Waals surface area contributed by atoms with Crippen LogP contribution in [-0.4, -0.2) is 63.4 Å². The average molecular weight is 504 g/mol. The van der Waals surface area contributed by atoms with Crippen molar-refractivity contribution in [3.8, 4) is 5.75 Å². The van der Waals surface area contributed by atoms with Crippen LogP contribution in [0.1, 0.15) is 32.8 Å². The van der Waals surface area contributed by atoms with Crippen molar-refractivity contribution < 1.29 is 9.47 Å². The summed E-state index contributed by atoms with van der Waals surface area (Å²) < 4.78 is 11.1. The number of guanidine groups is 1. The van der Waals surface area contributed by atoms with Gasteiger partial charge >= 0.3 is 0 Å². The highest BCUT2D eigenvalue weighted by Gasteiger charge is 2.09. The van der Waals surface area contributed by atoms with Crippen molar-refractivity contribution in [1.82, 2.24) is 15.5 Å². The van der Waals surface area contributed by atoms with Crippen LogP contribution in [0.25, 0.3) is 0 Å². The predicted molar refractivity (Wildman–Crippen MR) is 127 cm³/mol. The maximum absolute atomic E-state index is 5.73. The Morgan fingerprint density at radius 1 is 1.18 bits per heavy atom. The third-order valence-corrected chi connectivity index (χ3v) is 4.32. The highest BCUT2D eigenvalue weighted by molar-refractivity contribution is 14.0. The van der Waals surface area contributed by atoms with Crippen molar-refractivity contribution in [2.45, 2.75) is 33.7 Å². The molecule has 0 atom stereocenters. The number of ether oxygens (including phenoxy) is 2. The van der Waals surface area contributed by atoms with Crippen LogP contribution in [0.15, 0.2) is 29.3 Å². The topological polar surface area (TPSA) is 58.1 Å². The predicted octanol–water partition coefficient (Wildman–Crippen LogP) is 3.12. The number of rotatable bonds is 10. The SMILES string of the molecule is CCNC(=NCc1ccc(OCC(C)C)cc1)NCCCN1CCOCC1.I. The van der Waals surface area contributed by atoms with Crippen molar-refractivity contribution in [2.24, 2.45) is 10.9 Å². The fraction of sp³-hybridized carbons (Fsp3) is 0.667. The quantitative estimate of drug-likeness (QED) is 0.222. The van der Waals surface area contributed by atoms with E-state index in [1.807, 2.05) is 12.1 Å². The monoisotopic (exact) mass is 504 g/mol. The smallest absolute Gasteiger partial charge is 0.191 e. The van der Waals surface area contributed by atoms with E-state index in [1.54, 1.807) is 0 Å². The zero-order valence-corrected chi connectivity index (χ0v) is 19.9. The fourth-order valence-electron chi connectivity index (χ4n) is 2.80. The summed E-state index contributed by atoms with van der Waals surface area (Å²) in [4.78, 5) is 7.15. The van der Waals surface area contributed by atoms with Gasteiger partial charge in [0.25, 0.3) is 0 Å². The molecule has 28 heavy (non-hydrogen) atoms. The van der Waals surface area contributed by atoms with Gasteiger partial charge in [-0.25, -0.2) is 4.99 Å². The van der Waals surface area contributed by atoms with Gasteiger partial charge in [-0.2, -0.15) is 0 Å². The molecule has 160 valence electrons. The zero-order valence-electron chi connectivity index (χ0n) is 17.6. The number of nitrogens with one attached hydrogen (secondary N) is 2. The van der Waals surface area contributed by atoms with Gasteiger partial charge in [0.05, 0.1) is 26.4 Å². The lowest BCUT2D eigenvalue weighted by Gasteiger charge is -2.26. The molecule has 1 heterocycles. The first-order valence-electron chi connectivity index (χ1n) is 10.2. The number of hydrogen-bond donors (Lipinski definition) is 2. The van der Waals surface area contributed by atoms with Gasteiger partial charge < -0.3 is 20.1 Å². The molecule has 2 rings (SSSR count). The summed E-state index contributed by atoms with van der Waals surface area (Å²) in [5, 5.41) is 6.75. The normalized spacial score (nSPS) is 15.2. The van der Waals surface area contributed by atoms with Crippen LogP contribution in [0.4, 0.5) is 0 Å². The Morgan fingerprint density at radius 3 is 2.54 bits per heavy atom. The van der Waals surface area contributed by atoms with Gasteiger partial charge in [0.2, 0.25) is 0 Å². The Bertz CT molecular complexity index is 546. The summed E-state index contributed by atoms with van der Waals surface area (Å²) in [7, 11) is 0. The Kier molecular flexibility index (Phi) is 13.3.